The summed E-state index contributed by atoms with van der Waals surface area (Å²) in [6, 6.07) is 14.4. The number of fused-ring (bicyclic) bond motifs is 1. The molecule has 1 atom stereocenters. The number of halogens is 1. The lowest BCUT2D eigenvalue weighted by Crippen LogP contribution is -2.53. The van der Waals surface area contributed by atoms with Crippen LogP contribution in [0.25, 0.3) is 0 Å². The highest BCUT2D eigenvalue weighted by Crippen LogP contribution is 2.30. The predicted molar refractivity (Wildman–Crippen MR) is 115 cm³/mol. The first-order chi connectivity index (χ1) is 14.5. The number of rotatable bonds is 4. The number of nitrogens with zero attached hydrogens (tertiary/aromatic N) is 3. The molecule has 5 nitrogen and oxygen atoms in total. The normalized spacial score (nSPS) is 19.5. The first kappa shape index (κ1) is 20.5. The minimum Gasteiger partial charge on any atom is -0.340 e. The molecule has 6 heteroatoms. The molecule has 2 aliphatic rings. The fourth-order valence-corrected chi connectivity index (χ4v) is 4.38. The van der Waals surface area contributed by atoms with E-state index in [2.05, 4.69) is 17.9 Å². The van der Waals surface area contributed by atoms with E-state index in [1.165, 1.54) is 17.7 Å². The second kappa shape index (κ2) is 8.96. The summed E-state index contributed by atoms with van der Waals surface area (Å²) >= 11 is 0. The summed E-state index contributed by atoms with van der Waals surface area (Å²) in [6.45, 7) is 5.08. The van der Waals surface area contributed by atoms with E-state index in [4.69, 9.17) is 0 Å². The summed E-state index contributed by atoms with van der Waals surface area (Å²) in [4.78, 5) is 31.6. The summed E-state index contributed by atoms with van der Waals surface area (Å²) in [5.74, 6) is -0.123. The van der Waals surface area contributed by atoms with Crippen LogP contribution < -0.4 is 4.90 Å². The molecule has 2 aliphatic heterocycles. The van der Waals surface area contributed by atoms with Gasteiger partial charge in [-0.1, -0.05) is 30.3 Å². The van der Waals surface area contributed by atoms with Crippen molar-refractivity contribution in [3.63, 3.8) is 0 Å². The number of amides is 2. The third kappa shape index (κ3) is 4.54. The minimum atomic E-state index is -0.296. The molecule has 0 radical (unpaired) electrons. The van der Waals surface area contributed by atoms with Gasteiger partial charge in [-0.2, -0.15) is 0 Å². The van der Waals surface area contributed by atoms with Gasteiger partial charge in [-0.05, 0) is 49.1 Å². The second-order valence-corrected chi connectivity index (χ2v) is 8.24. The highest BCUT2D eigenvalue weighted by atomic mass is 19.1. The van der Waals surface area contributed by atoms with E-state index in [0.717, 1.165) is 24.1 Å². The highest BCUT2D eigenvalue weighted by molar-refractivity contribution is 5.96. The first-order valence-corrected chi connectivity index (χ1v) is 10.7. The van der Waals surface area contributed by atoms with Crippen molar-refractivity contribution in [2.45, 2.75) is 32.2 Å². The molecular weight excluding hydrogens is 381 g/mol. The van der Waals surface area contributed by atoms with E-state index in [1.54, 1.807) is 12.1 Å². The number of benzene rings is 2. The van der Waals surface area contributed by atoms with Crippen LogP contribution in [0.15, 0.2) is 48.5 Å². The van der Waals surface area contributed by atoms with Gasteiger partial charge in [0.25, 0.3) is 0 Å². The zero-order valence-electron chi connectivity index (χ0n) is 17.4. The van der Waals surface area contributed by atoms with Crippen molar-refractivity contribution in [1.82, 2.24) is 9.80 Å². The number of hydrogen-bond acceptors (Lipinski definition) is 3. The summed E-state index contributed by atoms with van der Waals surface area (Å²) in [6.07, 6.45) is 2.27. The third-order valence-electron chi connectivity index (χ3n) is 6.14. The fourth-order valence-electron chi connectivity index (χ4n) is 4.38. The fraction of sp³-hybridized carbons (Fsp3) is 0.417. The van der Waals surface area contributed by atoms with E-state index in [1.807, 2.05) is 28.0 Å². The summed E-state index contributed by atoms with van der Waals surface area (Å²) in [7, 11) is 0. The molecule has 4 rings (SSSR count). The van der Waals surface area contributed by atoms with Gasteiger partial charge < -0.3 is 9.80 Å². The van der Waals surface area contributed by atoms with Crippen LogP contribution in [0.1, 0.15) is 24.5 Å². The Kier molecular flexibility index (Phi) is 6.13. The Hall–Kier alpha value is -2.73. The van der Waals surface area contributed by atoms with Crippen LogP contribution in [-0.2, 0) is 22.4 Å². The lowest BCUT2D eigenvalue weighted by atomic mass is 9.96. The average Bonchev–Trinajstić information content (AvgIpc) is 2.75. The SMILES string of the molecule is CC1CCc2ccccc2N1C(=O)CN1CCN(C(=O)Cc2ccc(F)cc2)CC1. The molecule has 1 saturated heterocycles. The largest absolute Gasteiger partial charge is 0.340 e. The van der Waals surface area contributed by atoms with Gasteiger partial charge in [-0.25, -0.2) is 4.39 Å². The van der Waals surface area contributed by atoms with Crippen LogP contribution in [-0.4, -0.2) is 60.4 Å². The summed E-state index contributed by atoms with van der Waals surface area (Å²) < 4.78 is 13.0. The van der Waals surface area contributed by atoms with Gasteiger partial charge in [0.1, 0.15) is 5.82 Å². The molecule has 0 aromatic heterocycles. The Bertz CT molecular complexity index is 907. The van der Waals surface area contributed by atoms with Crippen molar-refractivity contribution in [2.24, 2.45) is 0 Å². The number of carbonyl (C=O) groups is 2. The number of piperazine rings is 1. The zero-order valence-corrected chi connectivity index (χ0v) is 17.4. The van der Waals surface area contributed by atoms with Crippen LogP contribution in [0.4, 0.5) is 10.1 Å². The molecule has 1 fully saturated rings. The van der Waals surface area contributed by atoms with Gasteiger partial charge in [0.05, 0.1) is 13.0 Å². The van der Waals surface area contributed by atoms with Crippen molar-refractivity contribution < 1.29 is 14.0 Å². The Balaban J connectivity index is 1.31. The highest BCUT2D eigenvalue weighted by Gasteiger charge is 2.30. The second-order valence-electron chi connectivity index (χ2n) is 8.24. The van der Waals surface area contributed by atoms with Gasteiger partial charge in [-0.3, -0.25) is 14.5 Å². The summed E-state index contributed by atoms with van der Waals surface area (Å²) in [5.41, 5.74) is 3.09. The van der Waals surface area contributed by atoms with Crippen molar-refractivity contribution in [2.75, 3.05) is 37.6 Å². The van der Waals surface area contributed by atoms with Crippen LogP contribution in [0.3, 0.4) is 0 Å². The number of aryl methyl sites for hydroxylation is 1. The molecule has 2 heterocycles. The summed E-state index contributed by atoms with van der Waals surface area (Å²) in [5, 5.41) is 0. The van der Waals surface area contributed by atoms with E-state index < -0.39 is 0 Å². The number of para-hydroxylation sites is 1. The molecule has 2 amide bonds. The van der Waals surface area contributed by atoms with Crippen molar-refractivity contribution in [3.05, 3.63) is 65.5 Å². The topological polar surface area (TPSA) is 43.9 Å². The maximum Gasteiger partial charge on any atom is 0.241 e. The molecule has 0 saturated carbocycles. The molecule has 2 aromatic carbocycles. The molecule has 1 unspecified atom stereocenters. The Morgan fingerprint density at radius 3 is 2.40 bits per heavy atom. The Morgan fingerprint density at radius 2 is 1.67 bits per heavy atom. The van der Waals surface area contributed by atoms with E-state index in [9.17, 15) is 14.0 Å². The van der Waals surface area contributed by atoms with E-state index >= 15 is 0 Å². The maximum atomic E-state index is 13.1. The van der Waals surface area contributed by atoms with Gasteiger partial charge in [0.15, 0.2) is 0 Å². The lowest BCUT2D eigenvalue weighted by Gasteiger charge is -2.38. The molecule has 0 aliphatic carbocycles. The van der Waals surface area contributed by atoms with Gasteiger partial charge in [-0.15, -0.1) is 0 Å². The monoisotopic (exact) mass is 409 g/mol. The van der Waals surface area contributed by atoms with Crippen molar-refractivity contribution in [1.29, 1.82) is 0 Å². The number of anilines is 1. The van der Waals surface area contributed by atoms with E-state index in [-0.39, 0.29) is 30.1 Å². The Morgan fingerprint density at radius 1 is 0.967 bits per heavy atom. The van der Waals surface area contributed by atoms with Crippen LogP contribution >= 0.6 is 0 Å². The van der Waals surface area contributed by atoms with Gasteiger partial charge in [0.2, 0.25) is 11.8 Å². The number of carbonyl (C=O) groups excluding carboxylic acids is 2. The lowest BCUT2D eigenvalue weighted by molar-refractivity contribution is -0.132. The molecule has 0 N–H and O–H groups in total. The standard InChI is InChI=1S/C24H28FN3O2/c1-18-6-9-20-4-2-3-5-22(20)28(18)24(30)17-26-12-14-27(15-13-26)23(29)16-19-7-10-21(25)11-8-19/h2-5,7-8,10-11,18H,6,9,12-17H2,1H3. The van der Waals surface area contributed by atoms with Crippen molar-refractivity contribution >= 4 is 17.5 Å². The average molecular weight is 410 g/mol. The molecule has 0 bridgehead atoms. The molecule has 0 spiro atoms. The van der Waals surface area contributed by atoms with Crippen LogP contribution in [0.5, 0.6) is 0 Å². The molecule has 2 aromatic rings. The van der Waals surface area contributed by atoms with Gasteiger partial charge in [0, 0.05) is 37.9 Å². The molecule has 30 heavy (non-hydrogen) atoms. The predicted octanol–water partition coefficient (Wildman–Crippen LogP) is 2.88. The quantitative estimate of drug-likeness (QED) is 0.780. The maximum absolute atomic E-state index is 13.1. The van der Waals surface area contributed by atoms with Gasteiger partial charge >= 0.3 is 0 Å². The first-order valence-electron chi connectivity index (χ1n) is 10.7. The Labute approximate surface area is 177 Å². The molecule has 158 valence electrons. The smallest absolute Gasteiger partial charge is 0.241 e. The molecular formula is C24H28FN3O2. The third-order valence-corrected chi connectivity index (χ3v) is 6.14. The zero-order chi connectivity index (χ0) is 21.1. The van der Waals surface area contributed by atoms with E-state index in [0.29, 0.717) is 32.7 Å². The van der Waals surface area contributed by atoms with Crippen LogP contribution in [0.2, 0.25) is 0 Å². The number of hydrogen-bond donors (Lipinski definition) is 0. The van der Waals surface area contributed by atoms with Crippen molar-refractivity contribution in [3.8, 4) is 0 Å². The minimum absolute atomic E-state index is 0.0474. The van der Waals surface area contributed by atoms with Crippen LogP contribution in [0, 0.1) is 5.82 Å².